The van der Waals surface area contributed by atoms with E-state index in [9.17, 15) is 0 Å². The van der Waals surface area contributed by atoms with Crippen LogP contribution in [0.1, 0.15) is 0 Å². The SMILES string of the molecule is c1ccc(-c2nc(-c3ccccc3)nc(-c3cccc(-n4c5cccnc5c5c6ccncc6c6c7ccccc7sc6c54)c3)n2)cc1.c1ccc(-c2nc(-c3ccccc3)nc(-n3c4cccnc4c4c5ccncc5c5c6ccccc6sc5c43)n2)cc1.c1ccc(-c2nc(-n3c4cccnc4c4c5ccncc5c5c6ccccc6sc5c43)nc3ccccc23)cc1. The van der Waals surface area contributed by atoms with Crippen molar-refractivity contribution in [3.05, 3.63) is 383 Å². The number of para-hydroxylation sites is 1. The molecule has 0 amide bonds. The van der Waals surface area contributed by atoms with Crippen LogP contribution < -0.4 is 0 Å². The second kappa shape index (κ2) is 30.4. The van der Waals surface area contributed by atoms with E-state index < -0.39 is 0 Å². The van der Waals surface area contributed by atoms with E-state index in [0.717, 1.165) is 158 Å². The number of nitrogens with zero attached hydrogens (tertiary/aromatic N) is 17. The van der Waals surface area contributed by atoms with Gasteiger partial charge in [0.15, 0.2) is 29.1 Å². The molecule has 15 heterocycles. The van der Waals surface area contributed by atoms with Gasteiger partial charge in [0.25, 0.3) is 0 Å². The molecule has 28 aromatic rings. The van der Waals surface area contributed by atoms with E-state index in [0.29, 0.717) is 41.0 Å². The van der Waals surface area contributed by atoms with Crippen LogP contribution in [0.3, 0.4) is 0 Å². The molecule has 0 atom stereocenters. The molecule has 13 aromatic carbocycles. The summed E-state index contributed by atoms with van der Waals surface area (Å²) in [6.07, 6.45) is 17.2. The third-order valence-corrected chi connectivity index (χ3v) is 28.0. The van der Waals surface area contributed by atoms with E-state index in [2.05, 4.69) is 199 Å². The summed E-state index contributed by atoms with van der Waals surface area (Å²) in [5.74, 6) is 4.33. The molecular formula is C110H63N17S3. The van der Waals surface area contributed by atoms with E-state index in [4.69, 9.17) is 54.8 Å². The first-order valence-corrected chi connectivity index (χ1v) is 45.0. The second-order valence-electron chi connectivity index (χ2n) is 31.8. The molecule has 0 radical (unpaired) electrons. The summed E-state index contributed by atoms with van der Waals surface area (Å²) < 4.78 is 14.0. The van der Waals surface area contributed by atoms with Crippen LogP contribution in [0, 0.1) is 0 Å². The number of rotatable bonds is 9. The maximum Gasteiger partial charge on any atom is 0.238 e. The van der Waals surface area contributed by atoms with Gasteiger partial charge in [0.1, 0.15) is 0 Å². The fourth-order valence-corrected chi connectivity index (χ4v) is 22.7. The summed E-state index contributed by atoms with van der Waals surface area (Å²) in [6.45, 7) is 0. The van der Waals surface area contributed by atoms with Gasteiger partial charge in [-0.15, -0.1) is 34.0 Å². The molecule has 0 N–H and O–H groups in total. The quantitative estimate of drug-likeness (QED) is 0.132. The van der Waals surface area contributed by atoms with Gasteiger partial charge in [-0.2, -0.15) is 9.97 Å². The molecule has 0 bridgehead atoms. The van der Waals surface area contributed by atoms with Gasteiger partial charge in [-0.05, 0) is 107 Å². The van der Waals surface area contributed by atoms with Crippen LogP contribution in [0.5, 0.6) is 0 Å². The summed E-state index contributed by atoms with van der Waals surface area (Å²) in [5, 5.41) is 18.4. The minimum absolute atomic E-state index is 0.558. The highest BCUT2D eigenvalue weighted by Gasteiger charge is 2.30. The van der Waals surface area contributed by atoms with E-state index in [1.165, 1.54) is 55.8 Å². The predicted octanol–water partition coefficient (Wildman–Crippen LogP) is 27.6. The first kappa shape index (κ1) is 74.4. The minimum atomic E-state index is 0.558. The van der Waals surface area contributed by atoms with Crippen LogP contribution >= 0.6 is 34.0 Å². The molecule has 15 aromatic heterocycles. The van der Waals surface area contributed by atoms with E-state index in [1.807, 2.05) is 225 Å². The average molecular weight is 1720 g/mol. The van der Waals surface area contributed by atoms with Crippen molar-refractivity contribution in [3.8, 4) is 85.8 Å². The lowest BCUT2D eigenvalue weighted by molar-refractivity contribution is 0.955. The zero-order valence-electron chi connectivity index (χ0n) is 68.7. The van der Waals surface area contributed by atoms with Crippen LogP contribution in [0.25, 0.3) is 255 Å². The number of benzene rings is 13. The molecule has 0 spiro atoms. The van der Waals surface area contributed by atoms with Crippen LogP contribution in [-0.4, -0.2) is 83.5 Å². The zero-order chi connectivity index (χ0) is 85.4. The molecule has 20 heteroatoms. The Morgan fingerprint density at radius 2 is 0.546 bits per heavy atom. The zero-order valence-corrected chi connectivity index (χ0v) is 71.1. The van der Waals surface area contributed by atoms with Crippen molar-refractivity contribution >= 4 is 204 Å². The molecule has 606 valence electrons. The first-order valence-electron chi connectivity index (χ1n) is 42.6. The molecule has 0 aliphatic heterocycles. The Balaban J connectivity index is 0.000000103. The number of pyridine rings is 6. The lowest BCUT2D eigenvalue weighted by Crippen LogP contribution is -2.06. The van der Waals surface area contributed by atoms with E-state index in [1.54, 1.807) is 22.7 Å². The van der Waals surface area contributed by atoms with Crippen molar-refractivity contribution in [1.82, 2.24) is 83.5 Å². The standard InChI is InChI=1S/C41H24N6S.C35H20N6S.C34H19N5S/c1-3-11-25(12-4-1)39-44-40(26-13-5-2-6-14-26)46-41(45-39)27-15-9-16-28(23-27)47-32-18-10-21-43-36(32)35-29-20-22-42-24-31(29)34-30-17-7-8-19-33(30)48-38(34)37(35)47;1-3-10-21(11-4-1)33-38-34(22-12-5-2-6-13-22)40-35(39-33)41-26-15-9-18-37-30(26)29-23-17-19-36-20-25(23)28-24-14-7-8-16-27(24)42-32(28)31(29)41;1-2-9-20(10-3-1)30-22-11-4-6-13-25(22)37-34(38-30)39-26-14-8-17-36-31(26)29-21-16-18-35-19-24(21)28-23-12-5-7-15-27(23)40-33(28)32(29)39/h1-24H;1-20H;1-19H. The second-order valence-corrected chi connectivity index (χ2v) is 35.0. The van der Waals surface area contributed by atoms with Crippen LogP contribution in [0.4, 0.5) is 0 Å². The van der Waals surface area contributed by atoms with Crippen molar-refractivity contribution in [2.24, 2.45) is 0 Å². The summed E-state index contributed by atoms with van der Waals surface area (Å²) in [6, 6.07) is 112. The fourth-order valence-electron chi connectivity index (χ4n) is 18.9. The average Bonchev–Trinajstić information content (AvgIpc) is 1.55. The highest BCUT2D eigenvalue weighted by atomic mass is 32.1. The van der Waals surface area contributed by atoms with Gasteiger partial charge in [-0.1, -0.05) is 237 Å². The van der Waals surface area contributed by atoms with Crippen LogP contribution in [0.15, 0.2) is 383 Å². The van der Waals surface area contributed by atoms with Crippen LogP contribution in [0.2, 0.25) is 0 Å². The molecule has 0 aliphatic rings. The molecule has 0 fully saturated rings. The largest absolute Gasteiger partial charge is 0.306 e. The normalized spacial score (nSPS) is 11.8. The molecule has 0 aliphatic carbocycles. The minimum Gasteiger partial charge on any atom is -0.306 e. The molecule has 0 unspecified atom stereocenters. The Labute approximate surface area is 750 Å². The van der Waals surface area contributed by atoms with Crippen molar-refractivity contribution in [3.63, 3.8) is 0 Å². The third kappa shape index (κ3) is 12.0. The maximum atomic E-state index is 5.27. The summed E-state index contributed by atoms with van der Waals surface area (Å²) in [5.41, 5.74) is 17.6. The Hall–Kier alpha value is -17.0. The van der Waals surface area contributed by atoms with Gasteiger partial charge in [-0.3, -0.25) is 39.0 Å². The van der Waals surface area contributed by atoms with Gasteiger partial charge in [0.2, 0.25) is 11.9 Å². The first-order chi connectivity index (χ1) is 64.5. The van der Waals surface area contributed by atoms with E-state index >= 15 is 0 Å². The fraction of sp³-hybridized carbons (Fsp3) is 0. The maximum absolute atomic E-state index is 5.27. The molecule has 0 saturated heterocycles. The van der Waals surface area contributed by atoms with E-state index in [-0.39, 0.29) is 0 Å². The van der Waals surface area contributed by atoms with Gasteiger partial charge in [0, 0.05) is 179 Å². The molecule has 28 rings (SSSR count). The third-order valence-electron chi connectivity index (χ3n) is 24.5. The van der Waals surface area contributed by atoms with Crippen molar-refractivity contribution in [1.29, 1.82) is 0 Å². The van der Waals surface area contributed by atoms with Gasteiger partial charge in [-0.25, -0.2) is 29.9 Å². The molecule has 17 nitrogen and oxygen atoms in total. The molecule has 130 heavy (non-hydrogen) atoms. The number of fused-ring (bicyclic) bond motifs is 31. The van der Waals surface area contributed by atoms with Crippen LogP contribution in [-0.2, 0) is 0 Å². The lowest BCUT2D eigenvalue weighted by atomic mass is 10.0. The number of hydrogen-bond acceptors (Lipinski definition) is 17. The van der Waals surface area contributed by atoms with Crippen molar-refractivity contribution in [2.75, 3.05) is 0 Å². The highest BCUT2D eigenvalue weighted by molar-refractivity contribution is 7.28. The monoisotopic (exact) mass is 1720 g/mol. The Kier molecular flexibility index (Phi) is 17.4. The number of aromatic nitrogens is 17. The van der Waals surface area contributed by atoms with Crippen molar-refractivity contribution in [2.45, 2.75) is 0 Å². The lowest BCUT2D eigenvalue weighted by Gasteiger charge is -2.12. The molecule has 0 saturated carbocycles. The van der Waals surface area contributed by atoms with Crippen molar-refractivity contribution < 1.29 is 0 Å². The number of hydrogen-bond donors (Lipinski definition) is 0. The number of thiophene rings is 3. The Morgan fingerprint density at radius 1 is 0.215 bits per heavy atom. The van der Waals surface area contributed by atoms with Gasteiger partial charge < -0.3 is 4.57 Å². The molecular weight excluding hydrogens is 1660 g/mol. The smallest absolute Gasteiger partial charge is 0.238 e. The van der Waals surface area contributed by atoms with Gasteiger partial charge >= 0.3 is 0 Å². The Bertz CT molecular complexity index is 9350. The van der Waals surface area contributed by atoms with Gasteiger partial charge in [0.05, 0.1) is 75.0 Å². The highest BCUT2D eigenvalue weighted by Crippen LogP contribution is 2.52. The Morgan fingerprint density at radius 3 is 0.962 bits per heavy atom. The summed E-state index contributed by atoms with van der Waals surface area (Å²) in [7, 11) is 0. The predicted molar refractivity (Wildman–Crippen MR) is 533 cm³/mol. The summed E-state index contributed by atoms with van der Waals surface area (Å²) in [4.78, 5) is 69.0. The summed E-state index contributed by atoms with van der Waals surface area (Å²) >= 11 is 5.41. The topological polar surface area (TPSA) is 195 Å².